The summed E-state index contributed by atoms with van der Waals surface area (Å²) in [6.45, 7) is 5.31. The summed E-state index contributed by atoms with van der Waals surface area (Å²) < 4.78 is 17.1. The van der Waals surface area contributed by atoms with Crippen LogP contribution in [0.15, 0.2) is 41.3 Å². The van der Waals surface area contributed by atoms with Crippen LogP contribution in [0.3, 0.4) is 0 Å². The number of aryl methyl sites for hydroxylation is 1. The second kappa shape index (κ2) is 7.82. The van der Waals surface area contributed by atoms with Gasteiger partial charge in [0.2, 0.25) is 0 Å². The molecule has 2 aliphatic heterocycles. The van der Waals surface area contributed by atoms with Crippen molar-refractivity contribution in [2.45, 2.75) is 38.4 Å². The highest BCUT2D eigenvalue weighted by molar-refractivity contribution is 5.95. The Kier molecular flexibility index (Phi) is 5.27. The molecule has 6 heteroatoms. The highest BCUT2D eigenvalue weighted by Crippen LogP contribution is 2.38. The Balaban J connectivity index is 1.22. The van der Waals surface area contributed by atoms with E-state index in [1.807, 2.05) is 24.0 Å². The first-order chi connectivity index (χ1) is 13.2. The third kappa shape index (κ3) is 4.06. The molecule has 2 aliphatic rings. The van der Waals surface area contributed by atoms with Crippen LogP contribution in [0.5, 0.6) is 0 Å². The summed E-state index contributed by atoms with van der Waals surface area (Å²) in [7, 11) is 0. The van der Waals surface area contributed by atoms with Gasteiger partial charge in [-0.3, -0.25) is 9.78 Å². The van der Waals surface area contributed by atoms with Gasteiger partial charge in [-0.15, -0.1) is 0 Å². The van der Waals surface area contributed by atoms with Crippen molar-refractivity contribution in [1.29, 1.82) is 0 Å². The average molecular weight is 370 g/mol. The number of carbonyl (C=O) groups excluding carboxylic acids is 1. The van der Waals surface area contributed by atoms with E-state index in [0.29, 0.717) is 36.9 Å². The van der Waals surface area contributed by atoms with E-state index in [1.54, 1.807) is 24.7 Å². The Morgan fingerprint density at radius 2 is 2.15 bits per heavy atom. The Labute approximate surface area is 159 Å². The zero-order valence-corrected chi connectivity index (χ0v) is 15.7. The molecule has 0 radical (unpaired) electrons. The van der Waals surface area contributed by atoms with Gasteiger partial charge in [0, 0.05) is 25.6 Å². The van der Waals surface area contributed by atoms with Crippen molar-refractivity contribution >= 4 is 5.91 Å². The maximum atomic E-state index is 12.5. The van der Waals surface area contributed by atoms with Crippen LogP contribution in [0.2, 0.25) is 0 Å². The second-order valence-electron chi connectivity index (χ2n) is 7.64. The number of ether oxygens (including phenoxy) is 2. The zero-order valence-electron chi connectivity index (χ0n) is 15.7. The largest absolute Gasteiger partial charge is 0.469 e. The molecule has 27 heavy (non-hydrogen) atoms. The molecule has 1 atom stereocenters. The number of carbonyl (C=O) groups is 1. The molecule has 4 heterocycles. The summed E-state index contributed by atoms with van der Waals surface area (Å²) in [5.74, 6) is 1.30. The van der Waals surface area contributed by atoms with Crippen LogP contribution in [0.25, 0.3) is 0 Å². The highest BCUT2D eigenvalue weighted by atomic mass is 16.5. The first-order valence-corrected chi connectivity index (χ1v) is 9.59. The Hall–Kier alpha value is -2.18. The molecule has 0 aromatic carbocycles. The lowest BCUT2D eigenvalue weighted by molar-refractivity contribution is -0.167. The topological polar surface area (TPSA) is 64.8 Å². The highest BCUT2D eigenvalue weighted by Gasteiger charge is 2.49. The molecule has 0 bridgehead atoms. The molecule has 1 amide bonds. The lowest BCUT2D eigenvalue weighted by Crippen LogP contribution is -2.66. The minimum Gasteiger partial charge on any atom is -0.469 e. The summed E-state index contributed by atoms with van der Waals surface area (Å²) in [4.78, 5) is 18.4. The second-order valence-corrected chi connectivity index (χ2v) is 7.64. The molecule has 2 aromatic rings. The molecular weight excluding hydrogens is 344 g/mol. The molecule has 0 aliphatic carbocycles. The van der Waals surface area contributed by atoms with Gasteiger partial charge in [-0.25, -0.2) is 0 Å². The van der Waals surface area contributed by atoms with Crippen LogP contribution in [0.1, 0.15) is 40.9 Å². The maximum Gasteiger partial charge on any atom is 0.257 e. The molecule has 4 rings (SSSR count). The van der Waals surface area contributed by atoms with E-state index in [-0.39, 0.29) is 11.5 Å². The quantitative estimate of drug-likeness (QED) is 0.731. The molecule has 0 N–H and O–H groups in total. The van der Waals surface area contributed by atoms with Crippen LogP contribution in [-0.2, 0) is 16.1 Å². The van der Waals surface area contributed by atoms with E-state index in [9.17, 15) is 4.79 Å². The monoisotopic (exact) mass is 370 g/mol. The fraction of sp³-hybridized carbons (Fsp3) is 0.524. The average Bonchev–Trinajstić information content (AvgIpc) is 3.10. The lowest BCUT2D eigenvalue weighted by Gasteiger charge is -2.53. The molecule has 1 spiro atoms. The Morgan fingerprint density at radius 3 is 2.89 bits per heavy atom. The number of hydrogen-bond acceptors (Lipinski definition) is 5. The van der Waals surface area contributed by atoms with Gasteiger partial charge in [0.25, 0.3) is 5.91 Å². The molecular formula is C21H26N2O4. The first-order valence-electron chi connectivity index (χ1n) is 9.59. The third-order valence-corrected chi connectivity index (χ3v) is 5.62. The van der Waals surface area contributed by atoms with Crippen LogP contribution in [0, 0.1) is 12.8 Å². The van der Waals surface area contributed by atoms with E-state index in [4.69, 9.17) is 13.9 Å². The van der Waals surface area contributed by atoms with Gasteiger partial charge >= 0.3 is 0 Å². The van der Waals surface area contributed by atoms with Gasteiger partial charge < -0.3 is 18.8 Å². The van der Waals surface area contributed by atoms with Crippen LogP contribution >= 0.6 is 0 Å². The fourth-order valence-electron chi connectivity index (χ4n) is 4.09. The van der Waals surface area contributed by atoms with Crippen molar-refractivity contribution in [3.8, 4) is 0 Å². The van der Waals surface area contributed by atoms with E-state index in [2.05, 4.69) is 4.98 Å². The summed E-state index contributed by atoms with van der Waals surface area (Å²) in [5.41, 5.74) is 1.64. The van der Waals surface area contributed by atoms with Crippen molar-refractivity contribution in [3.05, 3.63) is 53.7 Å². The van der Waals surface area contributed by atoms with E-state index in [0.717, 1.165) is 38.0 Å². The van der Waals surface area contributed by atoms with Crippen LogP contribution in [0.4, 0.5) is 0 Å². The summed E-state index contributed by atoms with van der Waals surface area (Å²) >= 11 is 0. The predicted molar refractivity (Wildman–Crippen MR) is 99.3 cm³/mol. The molecule has 6 nitrogen and oxygen atoms in total. The minimum absolute atomic E-state index is 0.0401. The number of nitrogens with zero attached hydrogens (tertiary/aromatic N) is 2. The lowest BCUT2D eigenvalue weighted by atomic mass is 9.79. The SMILES string of the molecule is Cc1occc1C(=O)N1CC2(CC(CCOCc3ccncc3)CCO2)C1. The van der Waals surface area contributed by atoms with Crippen molar-refractivity contribution < 1.29 is 18.7 Å². The Morgan fingerprint density at radius 1 is 1.33 bits per heavy atom. The standard InChI is InChI=1S/C21H26N2O4/c1-16-19(6-10-26-16)20(24)23-14-21(15-23)12-17(5-11-27-21)4-9-25-13-18-2-7-22-8-3-18/h2-3,6-8,10,17H,4-5,9,11-15H2,1H3. The van der Waals surface area contributed by atoms with Gasteiger partial charge in [-0.1, -0.05) is 0 Å². The molecule has 2 fully saturated rings. The number of furan rings is 1. The maximum absolute atomic E-state index is 12.5. The van der Waals surface area contributed by atoms with E-state index < -0.39 is 0 Å². The number of pyridine rings is 1. The van der Waals surface area contributed by atoms with Crippen molar-refractivity contribution in [2.24, 2.45) is 5.92 Å². The van der Waals surface area contributed by atoms with Gasteiger partial charge in [0.1, 0.15) is 11.4 Å². The first kappa shape index (κ1) is 18.2. The van der Waals surface area contributed by atoms with Gasteiger partial charge in [-0.05, 0) is 55.9 Å². The van der Waals surface area contributed by atoms with Gasteiger partial charge in [0.15, 0.2) is 0 Å². The van der Waals surface area contributed by atoms with Crippen LogP contribution in [-0.4, -0.2) is 47.7 Å². The summed E-state index contributed by atoms with van der Waals surface area (Å²) in [5, 5.41) is 0. The number of likely N-dealkylation sites (tertiary alicyclic amines) is 1. The number of amides is 1. The number of rotatable bonds is 6. The molecule has 0 saturated carbocycles. The van der Waals surface area contributed by atoms with Gasteiger partial charge in [-0.2, -0.15) is 0 Å². The number of aromatic nitrogens is 1. The summed E-state index contributed by atoms with van der Waals surface area (Å²) in [6, 6.07) is 5.70. The van der Waals surface area contributed by atoms with Crippen molar-refractivity contribution in [2.75, 3.05) is 26.3 Å². The predicted octanol–water partition coefficient (Wildman–Crippen LogP) is 3.21. The minimum atomic E-state index is -0.165. The zero-order chi connectivity index (χ0) is 18.7. The molecule has 1 unspecified atom stereocenters. The van der Waals surface area contributed by atoms with E-state index in [1.165, 1.54) is 0 Å². The normalized spacial score (nSPS) is 21.2. The molecule has 2 aromatic heterocycles. The van der Waals surface area contributed by atoms with Crippen LogP contribution < -0.4 is 0 Å². The van der Waals surface area contributed by atoms with Gasteiger partial charge in [0.05, 0.1) is 31.5 Å². The fourth-order valence-corrected chi connectivity index (χ4v) is 4.09. The van der Waals surface area contributed by atoms with Crippen molar-refractivity contribution in [1.82, 2.24) is 9.88 Å². The molecule has 2 saturated heterocycles. The summed E-state index contributed by atoms with van der Waals surface area (Å²) in [6.07, 6.45) is 8.24. The van der Waals surface area contributed by atoms with E-state index >= 15 is 0 Å². The molecule has 144 valence electrons. The third-order valence-electron chi connectivity index (χ3n) is 5.62. The Bertz CT molecular complexity index is 767. The smallest absolute Gasteiger partial charge is 0.257 e. The van der Waals surface area contributed by atoms with Crippen molar-refractivity contribution in [3.63, 3.8) is 0 Å². The number of hydrogen-bond donors (Lipinski definition) is 0.